The van der Waals surface area contributed by atoms with Gasteiger partial charge in [-0.15, -0.1) is 0 Å². The Balaban J connectivity index is 2.39. The van der Waals surface area contributed by atoms with Crippen LogP contribution in [-0.4, -0.2) is 15.8 Å². The molecule has 4 nitrogen and oxygen atoms in total. The van der Waals surface area contributed by atoms with E-state index < -0.39 is 0 Å². The van der Waals surface area contributed by atoms with Gasteiger partial charge in [0.2, 0.25) is 0 Å². The van der Waals surface area contributed by atoms with Gasteiger partial charge in [0.05, 0.1) is 5.56 Å². The number of furan rings is 1. The van der Waals surface area contributed by atoms with Crippen LogP contribution in [0.25, 0.3) is 11.3 Å². The summed E-state index contributed by atoms with van der Waals surface area (Å²) in [5.74, 6) is 0.868. The molecule has 2 rings (SSSR count). The maximum atomic E-state index is 11.0. The number of hydrogen-bond donors (Lipinski definition) is 0. The zero-order valence-electron chi connectivity index (χ0n) is 7.60. The lowest BCUT2D eigenvalue weighted by Crippen LogP contribution is -1.86. The average molecular weight is 188 g/mol. The Morgan fingerprint density at radius 1 is 1.29 bits per heavy atom. The van der Waals surface area contributed by atoms with Crippen LogP contribution in [0.2, 0.25) is 0 Å². The zero-order valence-corrected chi connectivity index (χ0v) is 7.60. The van der Waals surface area contributed by atoms with Crippen LogP contribution in [0, 0.1) is 0 Å². The van der Waals surface area contributed by atoms with Gasteiger partial charge in [-0.05, 0) is 12.1 Å². The van der Waals surface area contributed by atoms with E-state index in [1.165, 1.54) is 13.3 Å². The van der Waals surface area contributed by atoms with E-state index in [1.807, 2.05) is 0 Å². The van der Waals surface area contributed by atoms with Gasteiger partial charge in [-0.3, -0.25) is 4.79 Å². The predicted molar refractivity (Wildman–Crippen MR) is 49.7 cm³/mol. The van der Waals surface area contributed by atoms with Gasteiger partial charge in [0, 0.05) is 19.3 Å². The number of carbonyl (C=O) groups is 1. The van der Waals surface area contributed by atoms with Crippen molar-refractivity contribution < 1.29 is 9.21 Å². The van der Waals surface area contributed by atoms with Gasteiger partial charge in [0.25, 0.3) is 0 Å². The summed E-state index contributed by atoms with van der Waals surface area (Å²) in [4.78, 5) is 18.7. The third kappa shape index (κ3) is 1.54. The fraction of sp³-hybridized carbons (Fsp3) is 0.100. The van der Waals surface area contributed by atoms with Crippen molar-refractivity contribution in [2.24, 2.45) is 0 Å². The molecule has 0 bridgehead atoms. The summed E-state index contributed by atoms with van der Waals surface area (Å²) in [6.07, 6.45) is 4.71. The van der Waals surface area contributed by atoms with Gasteiger partial charge in [-0.1, -0.05) is 0 Å². The van der Waals surface area contributed by atoms with Crippen molar-refractivity contribution in [2.45, 2.75) is 6.92 Å². The highest BCUT2D eigenvalue weighted by atomic mass is 16.3. The van der Waals surface area contributed by atoms with Gasteiger partial charge in [-0.25, -0.2) is 9.97 Å². The molecule has 0 aliphatic heterocycles. The van der Waals surface area contributed by atoms with E-state index in [0.29, 0.717) is 11.5 Å². The molecule has 0 fully saturated rings. The van der Waals surface area contributed by atoms with Gasteiger partial charge >= 0.3 is 0 Å². The summed E-state index contributed by atoms with van der Waals surface area (Å²) >= 11 is 0. The maximum Gasteiger partial charge on any atom is 0.194 e. The molecule has 0 unspecified atom stereocenters. The Hall–Kier alpha value is -1.97. The number of ketones is 1. The lowest BCUT2D eigenvalue weighted by Gasteiger charge is -1.93. The van der Waals surface area contributed by atoms with E-state index in [4.69, 9.17) is 4.42 Å². The summed E-state index contributed by atoms with van der Waals surface area (Å²) in [6.45, 7) is 1.46. The molecule has 0 spiro atoms. The third-order valence-corrected chi connectivity index (χ3v) is 1.80. The highest BCUT2D eigenvalue weighted by Crippen LogP contribution is 2.20. The molecule has 2 aromatic heterocycles. The lowest BCUT2D eigenvalue weighted by molar-refractivity contribution is 0.0988. The van der Waals surface area contributed by atoms with E-state index in [9.17, 15) is 4.79 Å². The molecule has 0 saturated heterocycles. The Morgan fingerprint density at radius 3 is 2.57 bits per heavy atom. The van der Waals surface area contributed by atoms with Crippen molar-refractivity contribution >= 4 is 5.78 Å². The van der Waals surface area contributed by atoms with Crippen molar-refractivity contribution in [1.82, 2.24) is 9.97 Å². The van der Waals surface area contributed by atoms with Gasteiger partial charge in [0.15, 0.2) is 11.5 Å². The molecule has 0 saturated carbocycles. The number of Topliss-reactive ketones (excluding diaryl/α,β-unsaturated/α-hetero) is 1. The Bertz CT molecular complexity index is 448. The first-order chi connectivity index (χ1) is 6.77. The van der Waals surface area contributed by atoms with E-state index in [-0.39, 0.29) is 5.78 Å². The Morgan fingerprint density at radius 2 is 2.00 bits per heavy atom. The highest BCUT2D eigenvalue weighted by molar-refractivity contribution is 5.91. The van der Waals surface area contributed by atoms with Crippen LogP contribution in [0.1, 0.15) is 17.5 Å². The monoisotopic (exact) mass is 188 g/mol. The zero-order chi connectivity index (χ0) is 9.97. The SMILES string of the molecule is CC(=O)c1ccc(-c2cncnc2)o1. The van der Waals surface area contributed by atoms with Crippen molar-refractivity contribution in [2.75, 3.05) is 0 Å². The van der Waals surface area contributed by atoms with Crippen LogP contribution in [0.3, 0.4) is 0 Å². The van der Waals surface area contributed by atoms with Crippen molar-refractivity contribution in [3.05, 3.63) is 36.6 Å². The molecule has 0 radical (unpaired) electrons. The minimum atomic E-state index is -0.0897. The topological polar surface area (TPSA) is 56.0 Å². The van der Waals surface area contributed by atoms with Crippen molar-refractivity contribution in [3.63, 3.8) is 0 Å². The van der Waals surface area contributed by atoms with Crippen LogP contribution < -0.4 is 0 Å². The molecule has 0 atom stereocenters. The van der Waals surface area contributed by atoms with Crippen LogP contribution in [0.5, 0.6) is 0 Å². The third-order valence-electron chi connectivity index (χ3n) is 1.80. The standard InChI is InChI=1S/C10H8N2O2/c1-7(13)9-2-3-10(14-9)8-4-11-6-12-5-8/h2-6H,1H3. The molecule has 70 valence electrons. The number of rotatable bonds is 2. The van der Waals surface area contributed by atoms with Gasteiger partial charge in [0.1, 0.15) is 12.1 Å². The summed E-state index contributed by atoms with van der Waals surface area (Å²) in [7, 11) is 0. The molecule has 4 heteroatoms. The van der Waals surface area contributed by atoms with E-state index in [1.54, 1.807) is 24.5 Å². The minimum absolute atomic E-state index is 0.0897. The van der Waals surface area contributed by atoms with Crippen LogP contribution in [0.15, 0.2) is 35.3 Å². The molecular formula is C10H8N2O2. The number of nitrogens with zero attached hydrogens (tertiary/aromatic N) is 2. The molecule has 0 aromatic carbocycles. The van der Waals surface area contributed by atoms with Crippen LogP contribution >= 0.6 is 0 Å². The molecule has 0 aliphatic carbocycles. The summed E-state index contributed by atoms with van der Waals surface area (Å²) in [5.41, 5.74) is 0.764. The van der Waals surface area contributed by atoms with E-state index in [0.717, 1.165) is 5.56 Å². The Kier molecular flexibility index (Phi) is 2.10. The van der Waals surface area contributed by atoms with E-state index in [2.05, 4.69) is 9.97 Å². The average Bonchev–Trinajstić information content (AvgIpc) is 2.68. The number of aromatic nitrogens is 2. The lowest BCUT2D eigenvalue weighted by atomic mass is 10.3. The molecule has 2 aromatic rings. The first-order valence-corrected chi connectivity index (χ1v) is 4.13. The summed E-state index contributed by atoms with van der Waals surface area (Å²) < 4.78 is 5.30. The number of carbonyl (C=O) groups excluding carboxylic acids is 1. The second-order valence-electron chi connectivity index (χ2n) is 2.85. The molecule has 2 heterocycles. The van der Waals surface area contributed by atoms with E-state index >= 15 is 0 Å². The van der Waals surface area contributed by atoms with Crippen molar-refractivity contribution in [1.29, 1.82) is 0 Å². The largest absolute Gasteiger partial charge is 0.453 e. The number of hydrogen-bond acceptors (Lipinski definition) is 4. The fourth-order valence-corrected chi connectivity index (χ4v) is 1.11. The fourth-order valence-electron chi connectivity index (χ4n) is 1.11. The highest BCUT2D eigenvalue weighted by Gasteiger charge is 2.07. The molecular weight excluding hydrogens is 180 g/mol. The van der Waals surface area contributed by atoms with Crippen LogP contribution in [-0.2, 0) is 0 Å². The first kappa shape index (κ1) is 8.62. The molecule has 14 heavy (non-hydrogen) atoms. The van der Waals surface area contributed by atoms with Gasteiger partial charge in [-0.2, -0.15) is 0 Å². The molecule has 0 N–H and O–H groups in total. The minimum Gasteiger partial charge on any atom is -0.453 e. The predicted octanol–water partition coefficient (Wildman–Crippen LogP) is 1.94. The second-order valence-corrected chi connectivity index (χ2v) is 2.85. The first-order valence-electron chi connectivity index (χ1n) is 4.13. The molecule has 0 aliphatic rings. The van der Waals surface area contributed by atoms with Crippen molar-refractivity contribution in [3.8, 4) is 11.3 Å². The maximum absolute atomic E-state index is 11.0. The van der Waals surface area contributed by atoms with Gasteiger partial charge < -0.3 is 4.42 Å². The smallest absolute Gasteiger partial charge is 0.194 e. The summed E-state index contributed by atoms with van der Waals surface area (Å²) in [5, 5.41) is 0. The second kappa shape index (κ2) is 3.41. The van der Waals surface area contributed by atoms with Crippen LogP contribution in [0.4, 0.5) is 0 Å². The quantitative estimate of drug-likeness (QED) is 0.676. The molecule has 0 amide bonds. The normalized spacial score (nSPS) is 10.1. The summed E-state index contributed by atoms with van der Waals surface area (Å²) in [6, 6.07) is 3.38. The Labute approximate surface area is 80.6 Å².